The normalized spacial score (nSPS) is 10.8. The van der Waals surface area contributed by atoms with Crippen LogP contribution in [-0.4, -0.2) is 22.8 Å². The SMILES string of the molecule is COc1cc(C)c(C)cc1-c1cn2c(C=O)cccc2n1. The summed E-state index contributed by atoms with van der Waals surface area (Å²) in [6, 6.07) is 9.55. The standard InChI is InChI=1S/C17H16N2O2/c1-11-7-14(16(21-3)8-12(11)2)15-9-19-13(10-20)5-4-6-17(19)18-15/h4-10H,1-3H3. The number of aldehydes is 1. The van der Waals surface area contributed by atoms with Gasteiger partial charge in [0, 0.05) is 11.8 Å². The van der Waals surface area contributed by atoms with Crippen LogP contribution >= 0.6 is 0 Å². The summed E-state index contributed by atoms with van der Waals surface area (Å²) in [7, 11) is 1.65. The predicted molar refractivity (Wildman–Crippen MR) is 82.0 cm³/mol. The molecule has 0 bridgehead atoms. The molecular formula is C17H16N2O2. The van der Waals surface area contributed by atoms with Crippen molar-refractivity contribution in [1.29, 1.82) is 0 Å². The highest BCUT2D eigenvalue weighted by atomic mass is 16.5. The molecule has 0 aliphatic carbocycles. The van der Waals surface area contributed by atoms with Crippen LogP contribution in [0.1, 0.15) is 21.6 Å². The number of rotatable bonds is 3. The second kappa shape index (κ2) is 5.05. The molecule has 3 aromatic rings. The topological polar surface area (TPSA) is 43.6 Å². The van der Waals surface area contributed by atoms with Gasteiger partial charge in [-0.2, -0.15) is 0 Å². The molecule has 0 saturated carbocycles. The lowest BCUT2D eigenvalue weighted by Gasteiger charge is -2.09. The van der Waals surface area contributed by atoms with E-state index in [0.29, 0.717) is 5.69 Å². The van der Waals surface area contributed by atoms with E-state index in [0.717, 1.165) is 28.9 Å². The van der Waals surface area contributed by atoms with Crippen LogP contribution in [0, 0.1) is 13.8 Å². The molecule has 3 rings (SSSR count). The molecule has 21 heavy (non-hydrogen) atoms. The minimum absolute atomic E-state index is 0.578. The van der Waals surface area contributed by atoms with Gasteiger partial charge in [-0.3, -0.25) is 9.20 Å². The number of fused-ring (bicyclic) bond motifs is 1. The number of hydrogen-bond acceptors (Lipinski definition) is 3. The number of methoxy groups -OCH3 is 1. The molecule has 1 aromatic carbocycles. The highest BCUT2D eigenvalue weighted by Gasteiger charge is 2.13. The maximum Gasteiger partial charge on any atom is 0.166 e. The molecule has 4 nitrogen and oxygen atoms in total. The van der Waals surface area contributed by atoms with Crippen LogP contribution in [0.25, 0.3) is 16.9 Å². The number of hydrogen-bond donors (Lipinski definition) is 0. The molecule has 106 valence electrons. The van der Waals surface area contributed by atoms with E-state index >= 15 is 0 Å². The Labute approximate surface area is 123 Å². The predicted octanol–water partition coefficient (Wildman–Crippen LogP) is 3.44. The Kier molecular flexibility index (Phi) is 3.22. The van der Waals surface area contributed by atoms with Crippen molar-refractivity contribution >= 4 is 11.9 Å². The van der Waals surface area contributed by atoms with Gasteiger partial charge in [-0.15, -0.1) is 0 Å². The van der Waals surface area contributed by atoms with Crippen LogP contribution in [0.15, 0.2) is 36.5 Å². The Balaban J connectivity index is 2.25. The summed E-state index contributed by atoms with van der Waals surface area (Å²) in [5, 5.41) is 0. The van der Waals surface area contributed by atoms with E-state index in [2.05, 4.69) is 24.9 Å². The first kappa shape index (κ1) is 13.4. The van der Waals surface area contributed by atoms with Crippen LogP contribution in [-0.2, 0) is 0 Å². The molecule has 0 aliphatic heterocycles. The minimum atomic E-state index is 0.578. The molecule has 0 spiro atoms. The number of benzene rings is 1. The Morgan fingerprint density at radius 3 is 2.67 bits per heavy atom. The lowest BCUT2D eigenvalue weighted by Crippen LogP contribution is -1.92. The van der Waals surface area contributed by atoms with Crippen molar-refractivity contribution in [2.75, 3.05) is 7.11 Å². The van der Waals surface area contributed by atoms with Crippen LogP contribution in [0.5, 0.6) is 5.75 Å². The fourth-order valence-corrected chi connectivity index (χ4v) is 2.42. The first-order valence-corrected chi connectivity index (χ1v) is 6.73. The van der Waals surface area contributed by atoms with Gasteiger partial charge < -0.3 is 4.74 Å². The van der Waals surface area contributed by atoms with E-state index < -0.39 is 0 Å². The Bertz CT molecular complexity index is 834. The van der Waals surface area contributed by atoms with Crippen molar-refractivity contribution in [3.8, 4) is 17.0 Å². The van der Waals surface area contributed by atoms with Gasteiger partial charge in [-0.05, 0) is 49.2 Å². The summed E-state index contributed by atoms with van der Waals surface area (Å²) in [4.78, 5) is 15.7. The van der Waals surface area contributed by atoms with Crippen molar-refractivity contribution in [2.24, 2.45) is 0 Å². The smallest absolute Gasteiger partial charge is 0.166 e. The van der Waals surface area contributed by atoms with Crippen molar-refractivity contribution in [3.63, 3.8) is 0 Å². The second-order valence-electron chi connectivity index (χ2n) is 5.06. The van der Waals surface area contributed by atoms with E-state index in [9.17, 15) is 4.79 Å². The minimum Gasteiger partial charge on any atom is -0.496 e. The molecular weight excluding hydrogens is 264 g/mol. The monoisotopic (exact) mass is 280 g/mol. The summed E-state index contributed by atoms with van der Waals surface area (Å²) < 4.78 is 7.26. The number of carbonyl (C=O) groups excluding carboxylic acids is 1. The van der Waals surface area contributed by atoms with Crippen molar-refractivity contribution in [2.45, 2.75) is 13.8 Å². The maximum absolute atomic E-state index is 11.1. The Morgan fingerprint density at radius 1 is 1.19 bits per heavy atom. The highest BCUT2D eigenvalue weighted by Crippen LogP contribution is 2.32. The quantitative estimate of drug-likeness (QED) is 0.690. The Morgan fingerprint density at radius 2 is 1.95 bits per heavy atom. The fraction of sp³-hybridized carbons (Fsp3) is 0.176. The molecule has 4 heteroatoms. The number of pyridine rings is 1. The molecule has 0 fully saturated rings. The first-order chi connectivity index (χ1) is 10.1. The van der Waals surface area contributed by atoms with E-state index in [1.165, 1.54) is 11.1 Å². The van der Waals surface area contributed by atoms with Crippen molar-refractivity contribution < 1.29 is 9.53 Å². The maximum atomic E-state index is 11.1. The van der Waals surface area contributed by atoms with E-state index in [1.807, 2.05) is 24.4 Å². The van der Waals surface area contributed by atoms with Gasteiger partial charge in [0.15, 0.2) is 6.29 Å². The molecule has 0 N–H and O–H groups in total. The molecule has 0 unspecified atom stereocenters. The summed E-state index contributed by atoms with van der Waals surface area (Å²) >= 11 is 0. The summed E-state index contributed by atoms with van der Waals surface area (Å²) in [5.41, 5.74) is 5.40. The van der Waals surface area contributed by atoms with E-state index in [-0.39, 0.29) is 0 Å². The third-order valence-electron chi connectivity index (χ3n) is 3.74. The average Bonchev–Trinajstić information content (AvgIpc) is 2.93. The highest BCUT2D eigenvalue weighted by molar-refractivity contribution is 5.76. The van der Waals surface area contributed by atoms with Gasteiger partial charge in [0.2, 0.25) is 0 Å². The zero-order valence-corrected chi connectivity index (χ0v) is 12.3. The molecule has 0 amide bonds. The average molecular weight is 280 g/mol. The number of aromatic nitrogens is 2. The first-order valence-electron chi connectivity index (χ1n) is 6.73. The van der Waals surface area contributed by atoms with Crippen LogP contribution in [0.4, 0.5) is 0 Å². The summed E-state index contributed by atoms with van der Waals surface area (Å²) in [6.45, 7) is 4.11. The molecule has 2 heterocycles. The summed E-state index contributed by atoms with van der Waals surface area (Å²) in [5.74, 6) is 0.786. The second-order valence-corrected chi connectivity index (χ2v) is 5.06. The van der Waals surface area contributed by atoms with Crippen LogP contribution in [0.2, 0.25) is 0 Å². The van der Waals surface area contributed by atoms with Crippen molar-refractivity contribution in [3.05, 3.63) is 53.3 Å². The number of nitrogens with zero attached hydrogens (tertiary/aromatic N) is 2. The van der Waals surface area contributed by atoms with Gasteiger partial charge in [-0.1, -0.05) is 6.07 Å². The van der Waals surface area contributed by atoms with Crippen LogP contribution < -0.4 is 4.74 Å². The number of imidazole rings is 1. The number of aryl methyl sites for hydroxylation is 2. The zero-order chi connectivity index (χ0) is 15.0. The third kappa shape index (κ3) is 2.18. The summed E-state index contributed by atoms with van der Waals surface area (Å²) in [6.07, 6.45) is 2.70. The third-order valence-corrected chi connectivity index (χ3v) is 3.74. The number of ether oxygens (including phenoxy) is 1. The molecule has 0 radical (unpaired) electrons. The van der Waals surface area contributed by atoms with Gasteiger partial charge >= 0.3 is 0 Å². The van der Waals surface area contributed by atoms with Gasteiger partial charge in [0.05, 0.1) is 18.5 Å². The molecule has 2 aromatic heterocycles. The lowest BCUT2D eigenvalue weighted by molar-refractivity contribution is 0.111. The zero-order valence-electron chi connectivity index (χ0n) is 12.3. The molecule has 0 aliphatic rings. The van der Waals surface area contributed by atoms with Gasteiger partial charge in [-0.25, -0.2) is 4.98 Å². The van der Waals surface area contributed by atoms with Crippen LogP contribution in [0.3, 0.4) is 0 Å². The van der Waals surface area contributed by atoms with Gasteiger partial charge in [0.1, 0.15) is 11.4 Å². The molecule has 0 saturated heterocycles. The fourth-order valence-electron chi connectivity index (χ4n) is 2.42. The van der Waals surface area contributed by atoms with E-state index in [1.54, 1.807) is 17.6 Å². The van der Waals surface area contributed by atoms with E-state index in [4.69, 9.17) is 4.74 Å². The number of carbonyl (C=O) groups is 1. The molecule has 0 atom stereocenters. The lowest BCUT2D eigenvalue weighted by atomic mass is 10.0. The van der Waals surface area contributed by atoms with Gasteiger partial charge in [0.25, 0.3) is 0 Å². The largest absolute Gasteiger partial charge is 0.496 e. The van der Waals surface area contributed by atoms with Crippen molar-refractivity contribution in [1.82, 2.24) is 9.38 Å². The Hall–Kier alpha value is -2.62.